The van der Waals surface area contributed by atoms with E-state index >= 15 is 0 Å². The first kappa shape index (κ1) is 13.7. The number of methoxy groups -OCH3 is 2. The molecule has 0 aliphatic rings. The Morgan fingerprint density at radius 1 is 1.24 bits per heavy atom. The van der Waals surface area contributed by atoms with Crippen molar-refractivity contribution in [3.63, 3.8) is 0 Å². The van der Waals surface area contributed by atoms with E-state index in [0.717, 1.165) is 5.56 Å². The van der Waals surface area contributed by atoms with Crippen molar-refractivity contribution in [3.8, 4) is 11.5 Å². The highest BCUT2D eigenvalue weighted by atomic mass is 19.3. The summed E-state index contributed by atoms with van der Waals surface area (Å²) in [6.07, 6.45) is -1.90. The molecule has 3 nitrogen and oxygen atoms in total. The van der Waals surface area contributed by atoms with Crippen molar-refractivity contribution in [3.05, 3.63) is 23.3 Å². The monoisotopic (exact) mass is 245 g/mol. The second kappa shape index (κ2) is 6.39. The Kier molecular flexibility index (Phi) is 5.15. The Balaban J connectivity index is 3.17. The SMILES string of the molecule is CNCCc1cc(C(F)F)cc(OC)c1OC. The van der Waals surface area contributed by atoms with E-state index < -0.39 is 6.43 Å². The van der Waals surface area contributed by atoms with Crippen LogP contribution < -0.4 is 14.8 Å². The lowest BCUT2D eigenvalue weighted by atomic mass is 10.1. The summed E-state index contributed by atoms with van der Waals surface area (Å²) in [5.74, 6) is 0.864. The summed E-state index contributed by atoms with van der Waals surface area (Å²) in [4.78, 5) is 0. The quantitative estimate of drug-likeness (QED) is 0.834. The molecule has 0 spiro atoms. The molecule has 5 heteroatoms. The van der Waals surface area contributed by atoms with Gasteiger partial charge in [0, 0.05) is 5.56 Å². The second-order valence-corrected chi connectivity index (χ2v) is 3.57. The van der Waals surface area contributed by atoms with E-state index in [1.54, 1.807) is 7.05 Å². The van der Waals surface area contributed by atoms with Crippen LogP contribution in [-0.2, 0) is 6.42 Å². The smallest absolute Gasteiger partial charge is 0.263 e. The van der Waals surface area contributed by atoms with E-state index in [2.05, 4.69) is 5.32 Å². The van der Waals surface area contributed by atoms with Gasteiger partial charge in [-0.15, -0.1) is 0 Å². The van der Waals surface area contributed by atoms with Gasteiger partial charge >= 0.3 is 0 Å². The maximum absolute atomic E-state index is 12.7. The van der Waals surface area contributed by atoms with Gasteiger partial charge < -0.3 is 14.8 Å². The van der Waals surface area contributed by atoms with Crippen LogP contribution in [-0.4, -0.2) is 27.8 Å². The van der Waals surface area contributed by atoms with Crippen molar-refractivity contribution in [1.29, 1.82) is 0 Å². The molecular weight excluding hydrogens is 228 g/mol. The molecule has 17 heavy (non-hydrogen) atoms. The maximum Gasteiger partial charge on any atom is 0.263 e. The maximum atomic E-state index is 12.7. The van der Waals surface area contributed by atoms with Crippen LogP contribution in [0.25, 0.3) is 0 Å². The lowest BCUT2D eigenvalue weighted by Crippen LogP contribution is -2.11. The normalized spacial score (nSPS) is 10.7. The molecule has 0 aliphatic heterocycles. The molecule has 1 aromatic carbocycles. The molecule has 0 aromatic heterocycles. The van der Waals surface area contributed by atoms with Crippen LogP contribution >= 0.6 is 0 Å². The fourth-order valence-corrected chi connectivity index (χ4v) is 1.64. The number of nitrogens with one attached hydrogen (secondary N) is 1. The van der Waals surface area contributed by atoms with Gasteiger partial charge in [-0.2, -0.15) is 0 Å². The molecule has 0 unspecified atom stereocenters. The van der Waals surface area contributed by atoms with Gasteiger partial charge in [-0.05, 0) is 37.7 Å². The van der Waals surface area contributed by atoms with E-state index in [-0.39, 0.29) is 5.56 Å². The van der Waals surface area contributed by atoms with E-state index in [0.29, 0.717) is 24.5 Å². The number of hydrogen-bond donors (Lipinski definition) is 1. The van der Waals surface area contributed by atoms with Crippen LogP contribution in [0.3, 0.4) is 0 Å². The Morgan fingerprint density at radius 3 is 2.41 bits per heavy atom. The standard InChI is InChI=1S/C12H17F2NO2/c1-15-5-4-8-6-9(12(13)14)7-10(16-2)11(8)17-3/h6-7,12,15H,4-5H2,1-3H3. The summed E-state index contributed by atoms with van der Waals surface area (Å²) in [6, 6.07) is 2.77. The molecule has 0 saturated carbocycles. The first-order chi connectivity index (χ1) is 8.13. The first-order valence-electron chi connectivity index (χ1n) is 5.31. The predicted molar refractivity (Wildman–Crippen MR) is 62.1 cm³/mol. The summed E-state index contributed by atoms with van der Waals surface area (Å²) in [7, 11) is 4.75. The Morgan fingerprint density at radius 2 is 1.94 bits per heavy atom. The topological polar surface area (TPSA) is 30.5 Å². The van der Waals surface area contributed by atoms with Crippen molar-refractivity contribution < 1.29 is 18.3 Å². The molecule has 1 aromatic rings. The zero-order chi connectivity index (χ0) is 12.8. The minimum Gasteiger partial charge on any atom is -0.493 e. The Labute approximate surface area is 99.7 Å². The van der Waals surface area contributed by atoms with Crippen molar-refractivity contribution in [2.45, 2.75) is 12.8 Å². The molecule has 0 radical (unpaired) electrons. The van der Waals surface area contributed by atoms with Crippen LogP contribution in [0.4, 0.5) is 8.78 Å². The highest BCUT2D eigenvalue weighted by Gasteiger charge is 2.16. The molecule has 1 rings (SSSR count). The zero-order valence-electron chi connectivity index (χ0n) is 10.2. The molecule has 0 aliphatic carbocycles. The van der Waals surface area contributed by atoms with Gasteiger partial charge in [-0.1, -0.05) is 0 Å². The van der Waals surface area contributed by atoms with Crippen molar-refractivity contribution in [2.24, 2.45) is 0 Å². The molecule has 0 fully saturated rings. The van der Waals surface area contributed by atoms with Gasteiger partial charge in [-0.25, -0.2) is 8.78 Å². The number of ether oxygens (including phenoxy) is 2. The minimum atomic E-state index is -2.51. The third-order valence-electron chi connectivity index (χ3n) is 2.47. The van der Waals surface area contributed by atoms with Crippen molar-refractivity contribution in [2.75, 3.05) is 27.8 Å². The molecule has 1 N–H and O–H groups in total. The highest BCUT2D eigenvalue weighted by molar-refractivity contribution is 5.50. The summed E-state index contributed by atoms with van der Waals surface area (Å²) < 4.78 is 35.7. The van der Waals surface area contributed by atoms with Crippen LogP contribution in [0, 0.1) is 0 Å². The van der Waals surface area contributed by atoms with Crippen LogP contribution in [0.15, 0.2) is 12.1 Å². The van der Waals surface area contributed by atoms with Crippen LogP contribution in [0.2, 0.25) is 0 Å². The van der Waals surface area contributed by atoms with Crippen molar-refractivity contribution in [1.82, 2.24) is 5.32 Å². The van der Waals surface area contributed by atoms with Gasteiger partial charge in [0.2, 0.25) is 0 Å². The minimum absolute atomic E-state index is 0.0475. The summed E-state index contributed by atoms with van der Waals surface area (Å²) in [6.45, 7) is 0.687. The number of hydrogen-bond acceptors (Lipinski definition) is 3. The fourth-order valence-electron chi connectivity index (χ4n) is 1.64. The van der Waals surface area contributed by atoms with E-state index in [1.165, 1.54) is 26.4 Å². The third-order valence-corrected chi connectivity index (χ3v) is 2.47. The lowest BCUT2D eigenvalue weighted by Gasteiger charge is -2.14. The van der Waals surface area contributed by atoms with E-state index in [1.807, 2.05) is 0 Å². The average molecular weight is 245 g/mol. The first-order valence-corrected chi connectivity index (χ1v) is 5.31. The third kappa shape index (κ3) is 3.30. The molecule has 0 amide bonds. The Hall–Kier alpha value is -1.36. The molecule has 0 bridgehead atoms. The number of rotatable bonds is 6. The van der Waals surface area contributed by atoms with Crippen LogP contribution in [0.1, 0.15) is 17.6 Å². The number of halogens is 2. The van der Waals surface area contributed by atoms with Crippen LogP contribution in [0.5, 0.6) is 11.5 Å². The van der Waals surface area contributed by atoms with Gasteiger partial charge in [0.25, 0.3) is 6.43 Å². The predicted octanol–water partition coefficient (Wildman–Crippen LogP) is 2.40. The molecule has 0 heterocycles. The number of benzene rings is 1. The van der Waals surface area contributed by atoms with Gasteiger partial charge in [0.1, 0.15) is 0 Å². The zero-order valence-corrected chi connectivity index (χ0v) is 10.2. The lowest BCUT2D eigenvalue weighted by molar-refractivity contribution is 0.150. The largest absolute Gasteiger partial charge is 0.493 e. The Bertz CT molecular complexity index is 370. The molecule has 0 atom stereocenters. The summed E-state index contributed by atoms with van der Waals surface area (Å²) >= 11 is 0. The number of alkyl halides is 2. The van der Waals surface area contributed by atoms with E-state index in [9.17, 15) is 8.78 Å². The van der Waals surface area contributed by atoms with Gasteiger partial charge in [0.15, 0.2) is 11.5 Å². The average Bonchev–Trinajstić information content (AvgIpc) is 2.34. The van der Waals surface area contributed by atoms with E-state index in [4.69, 9.17) is 9.47 Å². The van der Waals surface area contributed by atoms with Gasteiger partial charge in [0.05, 0.1) is 14.2 Å². The highest BCUT2D eigenvalue weighted by Crippen LogP contribution is 2.35. The summed E-state index contributed by atoms with van der Waals surface area (Å²) in [5.41, 5.74) is 0.672. The second-order valence-electron chi connectivity index (χ2n) is 3.57. The molecule has 96 valence electrons. The van der Waals surface area contributed by atoms with Crippen molar-refractivity contribution >= 4 is 0 Å². The number of likely N-dealkylation sites (N-methyl/N-ethyl adjacent to an activating group) is 1. The molecular formula is C12H17F2NO2. The van der Waals surface area contributed by atoms with Gasteiger partial charge in [-0.3, -0.25) is 0 Å². The molecule has 0 saturated heterocycles. The fraction of sp³-hybridized carbons (Fsp3) is 0.500. The summed E-state index contributed by atoms with van der Waals surface area (Å²) in [5, 5.41) is 2.97.